The topological polar surface area (TPSA) is 144 Å². The molecule has 0 aliphatic heterocycles. The van der Waals surface area contributed by atoms with Crippen molar-refractivity contribution in [3.8, 4) is 0 Å². The monoisotopic (exact) mass is 420 g/mol. The lowest BCUT2D eigenvalue weighted by Crippen LogP contribution is -2.45. The van der Waals surface area contributed by atoms with Crippen LogP contribution in [0.3, 0.4) is 0 Å². The Kier molecular flexibility index (Phi) is 6.54. The summed E-state index contributed by atoms with van der Waals surface area (Å²) in [5.41, 5.74) is 4.15. The molecule has 156 valence electrons. The highest BCUT2D eigenvalue weighted by Crippen LogP contribution is 2.13. The first-order valence-electron chi connectivity index (χ1n) is 8.91. The van der Waals surface area contributed by atoms with Crippen LogP contribution in [-0.4, -0.2) is 22.6 Å². The third-order valence-corrected chi connectivity index (χ3v) is 3.97. The molecule has 0 atom stereocenters. The van der Waals surface area contributed by atoms with Crippen LogP contribution in [0.25, 0.3) is 6.08 Å². The third-order valence-electron chi connectivity index (χ3n) is 3.97. The average molecular weight is 420 g/mol. The average Bonchev–Trinajstić information content (AvgIpc) is 3.30. The number of furan rings is 1. The van der Waals surface area contributed by atoms with E-state index in [4.69, 9.17) is 4.42 Å². The first kappa shape index (κ1) is 21.0. The summed E-state index contributed by atoms with van der Waals surface area (Å²) in [4.78, 5) is 47.5. The minimum atomic E-state index is -0.834. The Labute approximate surface area is 175 Å². The Morgan fingerprint density at radius 2 is 1.61 bits per heavy atom. The summed E-state index contributed by atoms with van der Waals surface area (Å²) in [7, 11) is 0. The fraction of sp³-hybridized carbons (Fsp3) is 0. The second-order valence-corrected chi connectivity index (χ2v) is 6.11. The number of hydrogen-bond acceptors (Lipinski definition) is 6. The molecule has 0 radical (unpaired) electrons. The highest BCUT2D eigenvalue weighted by molar-refractivity contribution is 6.06. The molecule has 2 aromatic carbocycles. The number of nitrogens with one attached hydrogen (secondary N) is 3. The van der Waals surface area contributed by atoms with Crippen molar-refractivity contribution in [3.63, 3.8) is 0 Å². The molecule has 0 unspecified atom stereocenters. The standard InChI is InChI=1S/C21H16N4O6/c26-19(14-6-2-1-3-7-14)22-18(13-17-10-5-11-31-17)21(28)24-23-20(27)15-8-4-9-16(12-15)25(29)30/h1-13H,(H,22,26)(H,23,27)(H,24,28). The number of non-ortho nitro benzene ring substituents is 1. The number of carbonyl (C=O) groups excluding carboxylic acids is 3. The van der Waals surface area contributed by atoms with Crippen molar-refractivity contribution in [1.82, 2.24) is 16.2 Å². The van der Waals surface area contributed by atoms with Crippen molar-refractivity contribution in [2.45, 2.75) is 0 Å². The van der Waals surface area contributed by atoms with Gasteiger partial charge in [-0.3, -0.25) is 35.3 Å². The minimum Gasteiger partial charge on any atom is -0.465 e. The van der Waals surface area contributed by atoms with Gasteiger partial charge in [0.2, 0.25) is 0 Å². The van der Waals surface area contributed by atoms with Crippen molar-refractivity contribution >= 4 is 29.5 Å². The van der Waals surface area contributed by atoms with E-state index in [0.29, 0.717) is 11.3 Å². The molecule has 0 aliphatic rings. The molecular weight excluding hydrogens is 404 g/mol. The number of benzene rings is 2. The first-order chi connectivity index (χ1) is 14.9. The fourth-order valence-electron chi connectivity index (χ4n) is 2.47. The second-order valence-electron chi connectivity index (χ2n) is 6.11. The van der Waals surface area contributed by atoms with Crippen molar-refractivity contribution in [2.75, 3.05) is 0 Å². The molecule has 0 spiro atoms. The maximum absolute atomic E-state index is 12.6. The lowest BCUT2D eigenvalue weighted by Gasteiger charge is -2.11. The lowest BCUT2D eigenvalue weighted by atomic mass is 10.2. The third kappa shape index (κ3) is 5.64. The summed E-state index contributed by atoms with van der Waals surface area (Å²) in [5, 5.41) is 13.3. The molecule has 3 rings (SSSR count). The Morgan fingerprint density at radius 3 is 2.29 bits per heavy atom. The molecule has 3 N–H and O–H groups in total. The zero-order valence-electron chi connectivity index (χ0n) is 15.9. The molecule has 1 heterocycles. The maximum atomic E-state index is 12.6. The number of carbonyl (C=O) groups is 3. The number of nitro groups is 1. The van der Waals surface area contributed by atoms with Crippen molar-refractivity contribution in [3.05, 3.63) is 106 Å². The SMILES string of the molecule is O=C(NNC(=O)c1cccc([N+](=O)[O-])c1)C(=Cc1ccco1)NC(=O)c1ccccc1. The van der Waals surface area contributed by atoms with Gasteiger partial charge in [0.15, 0.2) is 0 Å². The van der Waals surface area contributed by atoms with Crippen molar-refractivity contribution < 1.29 is 23.7 Å². The Hall–Kier alpha value is -4.73. The van der Waals surface area contributed by atoms with Crippen LogP contribution >= 0.6 is 0 Å². The molecule has 31 heavy (non-hydrogen) atoms. The van der Waals surface area contributed by atoms with Gasteiger partial charge >= 0.3 is 0 Å². The highest BCUT2D eigenvalue weighted by Gasteiger charge is 2.17. The predicted octanol–water partition coefficient (Wildman–Crippen LogP) is 2.42. The predicted molar refractivity (Wildman–Crippen MR) is 109 cm³/mol. The number of rotatable bonds is 6. The molecule has 3 amide bonds. The zero-order chi connectivity index (χ0) is 22.2. The van der Waals surface area contributed by atoms with E-state index in [-0.39, 0.29) is 16.9 Å². The number of nitrogens with zero attached hydrogens (tertiary/aromatic N) is 1. The van der Waals surface area contributed by atoms with E-state index in [0.717, 1.165) is 6.07 Å². The molecule has 0 saturated heterocycles. The van der Waals surface area contributed by atoms with E-state index in [2.05, 4.69) is 16.2 Å². The van der Waals surface area contributed by atoms with Crippen LogP contribution in [0.5, 0.6) is 0 Å². The van der Waals surface area contributed by atoms with Crippen LogP contribution in [0.4, 0.5) is 5.69 Å². The molecule has 10 heteroatoms. The van der Waals surface area contributed by atoms with Gasteiger partial charge in [0.1, 0.15) is 11.5 Å². The van der Waals surface area contributed by atoms with E-state index < -0.39 is 22.6 Å². The zero-order valence-corrected chi connectivity index (χ0v) is 15.9. The van der Waals surface area contributed by atoms with Gasteiger partial charge < -0.3 is 9.73 Å². The van der Waals surface area contributed by atoms with Gasteiger partial charge in [-0.1, -0.05) is 24.3 Å². The van der Waals surface area contributed by atoms with Crippen LogP contribution in [0.2, 0.25) is 0 Å². The normalized spacial score (nSPS) is 10.8. The fourth-order valence-corrected chi connectivity index (χ4v) is 2.47. The number of hydrazine groups is 1. The summed E-state index contributed by atoms with van der Waals surface area (Å²) in [5.74, 6) is -1.86. The molecule has 1 aromatic heterocycles. The summed E-state index contributed by atoms with van der Waals surface area (Å²) >= 11 is 0. The summed E-state index contributed by atoms with van der Waals surface area (Å²) in [6.45, 7) is 0. The van der Waals surface area contributed by atoms with Gasteiger partial charge in [0, 0.05) is 29.3 Å². The Bertz CT molecular complexity index is 1140. The second kappa shape index (κ2) is 9.65. The summed E-state index contributed by atoms with van der Waals surface area (Å²) in [6.07, 6.45) is 2.68. The quantitative estimate of drug-likeness (QED) is 0.317. The van der Waals surface area contributed by atoms with E-state index in [9.17, 15) is 24.5 Å². The van der Waals surface area contributed by atoms with E-state index >= 15 is 0 Å². The van der Waals surface area contributed by atoms with Crippen molar-refractivity contribution in [1.29, 1.82) is 0 Å². The summed E-state index contributed by atoms with van der Waals surface area (Å²) < 4.78 is 5.17. The van der Waals surface area contributed by atoms with Crippen molar-refractivity contribution in [2.24, 2.45) is 0 Å². The molecule has 0 fully saturated rings. The first-order valence-corrected chi connectivity index (χ1v) is 8.91. The van der Waals surface area contributed by atoms with E-state index in [1.54, 1.807) is 42.5 Å². The number of nitro benzene ring substituents is 1. The maximum Gasteiger partial charge on any atom is 0.286 e. The highest BCUT2D eigenvalue weighted by atomic mass is 16.6. The minimum absolute atomic E-state index is 0.0283. The van der Waals surface area contributed by atoms with Gasteiger partial charge in [-0.05, 0) is 30.3 Å². The number of hydrogen-bond donors (Lipinski definition) is 3. The molecule has 0 bridgehead atoms. The van der Waals surface area contributed by atoms with Crippen LogP contribution in [-0.2, 0) is 4.79 Å². The van der Waals surface area contributed by atoms with Gasteiger partial charge in [-0.2, -0.15) is 0 Å². The van der Waals surface area contributed by atoms with E-state index in [1.165, 1.54) is 30.5 Å². The van der Waals surface area contributed by atoms with Gasteiger partial charge in [-0.15, -0.1) is 0 Å². The Balaban J connectivity index is 1.73. The van der Waals surface area contributed by atoms with Crippen LogP contribution < -0.4 is 16.2 Å². The van der Waals surface area contributed by atoms with Gasteiger partial charge in [-0.25, -0.2) is 0 Å². The Morgan fingerprint density at radius 1 is 0.871 bits per heavy atom. The molecular formula is C21H16N4O6. The van der Waals surface area contributed by atoms with Crippen LogP contribution in [0, 0.1) is 10.1 Å². The van der Waals surface area contributed by atoms with Crippen LogP contribution in [0.1, 0.15) is 26.5 Å². The smallest absolute Gasteiger partial charge is 0.286 e. The lowest BCUT2D eigenvalue weighted by molar-refractivity contribution is -0.384. The molecule has 3 aromatic rings. The molecule has 10 nitrogen and oxygen atoms in total. The summed E-state index contributed by atoms with van der Waals surface area (Å²) in [6, 6.07) is 16.4. The molecule has 0 aliphatic carbocycles. The van der Waals surface area contributed by atoms with Gasteiger partial charge in [0.25, 0.3) is 23.4 Å². The molecule has 0 saturated carbocycles. The van der Waals surface area contributed by atoms with E-state index in [1.807, 2.05) is 0 Å². The number of amides is 3. The van der Waals surface area contributed by atoms with Gasteiger partial charge in [0.05, 0.1) is 11.2 Å². The largest absolute Gasteiger partial charge is 0.465 e. The van der Waals surface area contributed by atoms with Crippen LogP contribution in [0.15, 0.2) is 83.1 Å².